The summed E-state index contributed by atoms with van der Waals surface area (Å²) in [4.78, 5) is 17.4. The minimum Gasteiger partial charge on any atom is -0.459 e. The van der Waals surface area contributed by atoms with Gasteiger partial charge in [-0.1, -0.05) is 6.08 Å². The highest BCUT2D eigenvalue weighted by atomic mass is 16.3. The Kier molecular flexibility index (Phi) is 4.04. The molecule has 2 N–H and O–H groups in total. The largest absolute Gasteiger partial charge is 0.459 e. The molecule has 0 aliphatic carbocycles. The van der Waals surface area contributed by atoms with Crippen molar-refractivity contribution >= 4 is 11.7 Å². The lowest BCUT2D eigenvalue weighted by Gasteiger charge is -2.30. The summed E-state index contributed by atoms with van der Waals surface area (Å²) < 4.78 is 5.08. The van der Waals surface area contributed by atoms with Crippen LogP contribution in [0.3, 0.4) is 0 Å². The first-order chi connectivity index (χ1) is 10.6. The van der Waals surface area contributed by atoms with Gasteiger partial charge in [-0.3, -0.25) is 4.79 Å². The van der Waals surface area contributed by atoms with Crippen LogP contribution in [0.4, 0.5) is 5.82 Å². The summed E-state index contributed by atoms with van der Waals surface area (Å²) in [5.41, 5.74) is 1.19. The van der Waals surface area contributed by atoms with E-state index in [4.69, 9.17) is 4.42 Å². The van der Waals surface area contributed by atoms with E-state index in [0.29, 0.717) is 23.5 Å². The molecule has 5 nitrogen and oxygen atoms in total. The highest BCUT2D eigenvalue weighted by Crippen LogP contribution is 2.28. The number of carbonyl (C=O) groups is 1. The van der Waals surface area contributed by atoms with Gasteiger partial charge in [0.15, 0.2) is 5.76 Å². The third kappa shape index (κ3) is 3.08. The minimum atomic E-state index is -0.247. The molecule has 1 amide bonds. The summed E-state index contributed by atoms with van der Waals surface area (Å²) in [5, 5.41) is 2.81. The van der Waals surface area contributed by atoms with Crippen molar-refractivity contribution < 1.29 is 9.21 Å². The number of hydrogen-bond acceptors (Lipinski definition) is 3. The second-order valence-electron chi connectivity index (χ2n) is 5.85. The van der Waals surface area contributed by atoms with Gasteiger partial charge in [-0.2, -0.15) is 0 Å². The van der Waals surface area contributed by atoms with Crippen LogP contribution in [0.2, 0.25) is 0 Å². The zero-order valence-corrected chi connectivity index (χ0v) is 12.9. The van der Waals surface area contributed by atoms with Crippen molar-refractivity contribution in [2.24, 2.45) is 0 Å². The van der Waals surface area contributed by atoms with E-state index in [1.807, 2.05) is 12.3 Å². The number of aromatic nitrogens is 1. The average molecular weight is 299 g/mol. The van der Waals surface area contributed by atoms with Gasteiger partial charge in [0, 0.05) is 24.7 Å². The maximum absolute atomic E-state index is 11.9. The van der Waals surface area contributed by atoms with Gasteiger partial charge in [-0.15, -0.1) is 0 Å². The molecule has 5 heteroatoms. The van der Waals surface area contributed by atoms with Crippen molar-refractivity contribution in [1.82, 2.24) is 9.88 Å². The Morgan fingerprint density at radius 1 is 1.50 bits per heavy atom. The normalized spacial score (nSPS) is 18.0. The topological polar surface area (TPSA) is 61.3 Å². The number of aromatic amines is 1. The highest BCUT2D eigenvalue weighted by Gasteiger charge is 2.18. The Balaban J connectivity index is 1.65. The van der Waals surface area contributed by atoms with E-state index in [2.05, 4.69) is 41.3 Å². The van der Waals surface area contributed by atoms with Gasteiger partial charge < -0.3 is 19.6 Å². The standard InChI is InChI=1S/C17H21N3O2/c1-12(2)20-7-5-13(6-8-20)14-10-16(18-11-14)19-17(21)15-4-3-9-22-15/h3-5,7,9-13,18H,6,8H2,1-2H3,(H,19,21). The van der Waals surface area contributed by atoms with Gasteiger partial charge in [0.25, 0.3) is 5.91 Å². The number of nitrogens with zero attached hydrogens (tertiary/aromatic N) is 1. The van der Waals surface area contributed by atoms with Crippen molar-refractivity contribution in [2.45, 2.75) is 32.2 Å². The fraction of sp³-hybridized carbons (Fsp3) is 0.353. The predicted molar refractivity (Wildman–Crippen MR) is 85.8 cm³/mol. The molecule has 0 fully saturated rings. The summed E-state index contributed by atoms with van der Waals surface area (Å²) in [6.07, 6.45) is 8.93. The van der Waals surface area contributed by atoms with Gasteiger partial charge in [-0.05, 0) is 50.2 Å². The lowest BCUT2D eigenvalue weighted by Crippen LogP contribution is -2.29. The molecule has 3 rings (SSSR count). The van der Waals surface area contributed by atoms with Gasteiger partial charge in [-0.25, -0.2) is 0 Å². The van der Waals surface area contributed by atoms with E-state index in [1.54, 1.807) is 12.1 Å². The third-order valence-electron chi connectivity index (χ3n) is 4.00. The van der Waals surface area contributed by atoms with Crippen LogP contribution in [0.1, 0.15) is 42.3 Å². The first kappa shape index (κ1) is 14.5. The number of H-pyrrole nitrogens is 1. The SMILES string of the molecule is CC(C)N1C=CC(c2c[nH]c(NC(=O)c3ccco3)c2)CC1. The molecule has 0 aromatic carbocycles. The van der Waals surface area contributed by atoms with Crippen molar-refractivity contribution in [2.75, 3.05) is 11.9 Å². The lowest BCUT2D eigenvalue weighted by atomic mass is 9.95. The van der Waals surface area contributed by atoms with Gasteiger partial charge in [0.2, 0.25) is 0 Å². The van der Waals surface area contributed by atoms with Crippen molar-refractivity contribution in [1.29, 1.82) is 0 Å². The highest BCUT2D eigenvalue weighted by molar-refractivity contribution is 6.01. The number of carbonyl (C=O) groups excluding carboxylic acids is 1. The third-order valence-corrected chi connectivity index (χ3v) is 4.00. The minimum absolute atomic E-state index is 0.247. The summed E-state index contributed by atoms with van der Waals surface area (Å²) in [5.74, 6) is 1.14. The van der Waals surface area contributed by atoms with Crippen LogP contribution in [-0.2, 0) is 0 Å². The number of allylic oxidation sites excluding steroid dienone is 1. The summed E-state index contributed by atoms with van der Waals surface area (Å²) >= 11 is 0. The zero-order valence-electron chi connectivity index (χ0n) is 12.9. The van der Waals surface area contributed by atoms with Crippen LogP contribution in [0.25, 0.3) is 0 Å². The van der Waals surface area contributed by atoms with Gasteiger partial charge in [0.05, 0.1) is 6.26 Å². The quantitative estimate of drug-likeness (QED) is 0.907. The number of rotatable bonds is 4. The Morgan fingerprint density at radius 3 is 3.00 bits per heavy atom. The molecular weight excluding hydrogens is 278 g/mol. The molecule has 1 aliphatic heterocycles. The van der Waals surface area contributed by atoms with Crippen LogP contribution in [0, 0.1) is 0 Å². The molecule has 2 aromatic rings. The molecule has 2 aromatic heterocycles. The van der Waals surface area contributed by atoms with E-state index in [9.17, 15) is 4.79 Å². The van der Waals surface area contributed by atoms with Crippen LogP contribution >= 0.6 is 0 Å². The maximum Gasteiger partial charge on any atom is 0.292 e. The molecule has 0 radical (unpaired) electrons. The maximum atomic E-state index is 11.9. The molecule has 0 saturated heterocycles. The second-order valence-corrected chi connectivity index (χ2v) is 5.85. The first-order valence-corrected chi connectivity index (χ1v) is 7.60. The van der Waals surface area contributed by atoms with Gasteiger partial charge >= 0.3 is 0 Å². The van der Waals surface area contributed by atoms with Crippen LogP contribution in [0.5, 0.6) is 0 Å². The summed E-state index contributed by atoms with van der Waals surface area (Å²) in [7, 11) is 0. The Morgan fingerprint density at radius 2 is 2.36 bits per heavy atom. The summed E-state index contributed by atoms with van der Waals surface area (Å²) in [6.45, 7) is 5.45. The molecule has 1 atom stereocenters. The van der Waals surface area contributed by atoms with E-state index in [-0.39, 0.29) is 5.91 Å². The molecule has 116 valence electrons. The second kappa shape index (κ2) is 6.13. The Labute approximate surface area is 130 Å². The Hall–Kier alpha value is -2.43. The fourth-order valence-electron chi connectivity index (χ4n) is 2.67. The van der Waals surface area contributed by atoms with E-state index in [1.165, 1.54) is 11.8 Å². The lowest BCUT2D eigenvalue weighted by molar-refractivity contribution is 0.0996. The monoisotopic (exact) mass is 299 g/mol. The number of hydrogen-bond donors (Lipinski definition) is 2. The number of furan rings is 1. The average Bonchev–Trinajstić information content (AvgIpc) is 3.19. The van der Waals surface area contributed by atoms with Crippen LogP contribution in [-0.4, -0.2) is 28.4 Å². The summed E-state index contributed by atoms with van der Waals surface area (Å²) in [6, 6.07) is 5.86. The molecule has 1 aliphatic rings. The Bertz CT molecular complexity index is 655. The van der Waals surface area contributed by atoms with E-state index >= 15 is 0 Å². The van der Waals surface area contributed by atoms with E-state index in [0.717, 1.165) is 13.0 Å². The van der Waals surface area contributed by atoms with Crippen molar-refractivity contribution in [3.8, 4) is 0 Å². The molecule has 0 saturated carbocycles. The molecule has 3 heterocycles. The van der Waals surface area contributed by atoms with Crippen molar-refractivity contribution in [3.05, 3.63) is 54.3 Å². The number of amides is 1. The van der Waals surface area contributed by atoms with E-state index < -0.39 is 0 Å². The number of nitrogens with one attached hydrogen (secondary N) is 2. The van der Waals surface area contributed by atoms with Gasteiger partial charge in [0.1, 0.15) is 5.82 Å². The zero-order chi connectivity index (χ0) is 15.5. The molecule has 0 bridgehead atoms. The molecule has 1 unspecified atom stereocenters. The molecule has 0 spiro atoms. The number of anilines is 1. The molecule has 22 heavy (non-hydrogen) atoms. The van der Waals surface area contributed by atoms with Crippen molar-refractivity contribution in [3.63, 3.8) is 0 Å². The fourth-order valence-corrected chi connectivity index (χ4v) is 2.67. The predicted octanol–water partition coefficient (Wildman–Crippen LogP) is 3.57. The first-order valence-electron chi connectivity index (χ1n) is 7.60. The van der Waals surface area contributed by atoms with Crippen LogP contribution < -0.4 is 5.32 Å². The smallest absolute Gasteiger partial charge is 0.292 e. The van der Waals surface area contributed by atoms with Crippen LogP contribution in [0.15, 0.2) is 47.4 Å². The molecular formula is C17H21N3O2.